The Hall–Kier alpha value is -2.97. The lowest BCUT2D eigenvalue weighted by molar-refractivity contribution is -0.137. The molecule has 2 aliphatic rings. The highest BCUT2D eigenvalue weighted by atomic mass is 19.4. The van der Waals surface area contributed by atoms with Crippen LogP contribution >= 0.6 is 0 Å². The number of rotatable bonds is 6. The van der Waals surface area contributed by atoms with E-state index in [1.54, 1.807) is 0 Å². The zero-order valence-electron chi connectivity index (χ0n) is 16.9. The van der Waals surface area contributed by atoms with Crippen molar-refractivity contribution in [1.29, 1.82) is 0 Å². The van der Waals surface area contributed by atoms with E-state index in [0.717, 1.165) is 43.5 Å². The highest BCUT2D eigenvalue weighted by Gasteiger charge is 2.43. The fourth-order valence-electron chi connectivity index (χ4n) is 4.17. The van der Waals surface area contributed by atoms with E-state index in [2.05, 4.69) is 15.6 Å². The number of carbonyl (C=O) groups excluding carboxylic acids is 1. The van der Waals surface area contributed by atoms with Gasteiger partial charge in [-0.1, -0.05) is 18.9 Å². The van der Waals surface area contributed by atoms with Crippen LogP contribution < -0.4 is 20.1 Å². The summed E-state index contributed by atoms with van der Waals surface area (Å²) in [5.41, 5.74) is -0.485. The van der Waals surface area contributed by atoms with Crippen molar-refractivity contribution in [2.45, 2.75) is 37.3 Å². The smallest absolute Gasteiger partial charge is 0.417 e. The largest absolute Gasteiger partial charge is 0.486 e. The summed E-state index contributed by atoms with van der Waals surface area (Å²) in [6.45, 7) is 1.67. The SMILES string of the molecule is O=C(NCCNc1ccc(C(F)(F)F)cn1)C1(c2ccc3c(c2)OCCO3)CCCC1. The third-order valence-electron chi connectivity index (χ3n) is 5.79. The Morgan fingerprint density at radius 3 is 2.45 bits per heavy atom. The molecule has 2 heterocycles. The molecule has 2 N–H and O–H groups in total. The Bertz CT molecular complexity index is 926. The normalized spacial score (nSPS) is 17.3. The first-order valence-corrected chi connectivity index (χ1v) is 10.3. The standard InChI is InChI=1S/C22H24F3N3O3/c23-22(24,25)16-4-6-19(28-14-16)26-9-10-27-20(29)21(7-1-2-8-21)15-3-5-17-18(13-15)31-12-11-30-17/h3-6,13-14H,1-2,7-12H2,(H,26,28)(H,27,29). The summed E-state index contributed by atoms with van der Waals surface area (Å²) < 4.78 is 49.1. The van der Waals surface area contributed by atoms with Gasteiger partial charge in [0.15, 0.2) is 11.5 Å². The lowest BCUT2D eigenvalue weighted by atomic mass is 9.77. The van der Waals surface area contributed by atoms with Crippen LogP contribution in [-0.4, -0.2) is 37.2 Å². The number of nitrogens with zero attached hydrogens (tertiary/aromatic N) is 1. The fourth-order valence-corrected chi connectivity index (χ4v) is 4.17. The van der Waals surface area contributed by atoms with Gasteiger partial charge in [0.25, 0.3) is 0 Å². The Labute approximate surface area is 178 Å². The van der Waals surface area contributed by atoms with Crippen molar-refractivity contribution in [3.63, 3.8) is 0 Å². The number of hydrogen-bond donors (Lipinski definition) is 2. The molecule has 0 bridgehead atoms. The molecule has 0 atom stereocenters. The molecule has 0 radical (unpaired) electrons. The van der Waals surface area contributed by atoms with Crippen LogP contribution in [0.15, 0.2) is 36.5 Å². The number of aromatic nitrogens is 1. The third-order valence-corrected chi connectivity index (χ3v) is 5.79. The number of anilines is 1. The summed E-state index contributed by atoms with van der Waals surface area (Å²) in [7, 11) is 0. The predicted octanol–water partition coefficient (Wildman–Crippen LogP) is 3.91. The highest BCUT2D eigenvalue weighted by molar-refractivity contribution is 5.88. The van der Waals surface area contributed by atoms with Gasteiger partial charge in [0.2, 0.25) is 5.91 Å². The second kappa shape index (κ2) is 8.64. The highest BCUT2D eigenvalue weighted by Crippen LogP contribution is 2.44. The predicted molar refractivity (Wildman–Crippen MR) is 108 cm³/mol. The van der Waals surface area contributed by atoms with Crippen molar-refractivity contribution in [2.75, 3.05) is 31.6 Å². The second-order valence-corrected chi connectivity index (χ2v) is 7.76. The van der Waals surface area contributed by atoms with Crippen LogP contribution in [0, 0.1) is 0 Å². The maximum Gasteiger partial charge on any atom is 0.417 e. The van der Waals surface area contributed by atoms with Gasteiger partial charge in [0.05, 0.1) is 11.0 Å². The first-order valence-electron chi connectivity index (χ1n) is 10.3. The van der Waals surface area contributed by atoms with Crippen molar-refractivity contribution in [2.24, 2.45) is 0 Å². The molecule has 166 valence electrons. The van der Waals surface area contributed by atoms with Crippen LogP contribution in [0.2, 0.25) is 0 Å². The number of pyridine rings is 1. The number of nitrogens with one attached hydrogen (secondary N) is 2. The molecule has 31 heavy (non-hydrogen) atoms. The number of halogens is 3. The van der Waals surface area contributed by atoms with E-state index >= 15 is 0 Å². The van der Waals surface area contributed by atoms with Crippen LogP contribution in [0.4, 0.5) is 19.0 Å². The van der Waals surface area contributed by atoms with Gasteiger partial charge < -0.3 is 20.1 Å². The molecule has 1 saturated carbocycles. The van der Waals surface area contributed by atoms with Gasteiger partial charge in [-0.2, -0.15) is 13.2 Å². The topological polar surface area (TPSA) is 72.5 Å². The monoisotopic (exact) mass is 435 g/mol. The van der Waals surface area contributed by atoms with E-state index in [4.69, 9.17) is 9.47 Å². The average molecular weight is 435 g/mol. The van der Waals surface area contributed by atoms with Crippen LogP contribution in [0.3, 0.4) is 0 Å². The molecule has 1 aromatic heterocycles. The van der Waals surface area contributed by atoms with E-state index in [1.807, 2.05) is 18.2 Å². The third kappa shape index (κ3) is 4.55. The number of alkyl halides is 3. The zero-order chi connectivity index (χ0) is 21.9. The molecule has 0 saturated heterocycles. The van der Waals surface area contributed by atoms with Gasteiger partial charge >= 0.3 is 6.18 Å². The van der Waals surface area contributed by atoms with Crippen molar-refractivity contribution in [3.05, 3.63) is 47.7 Å². The Kier molecular flexibility index (Phi) is 5.93. The molecule has 1 aliphatic carbocycles. The van der Waals surface area contributed by atoms with E-state index < -0.39 is 17.2 Å². The van der Waals surface area contributed by atoms with Gasteiger partial charge in [-0.15, -0.1) is 0 Å². The maximum absolute atomic E-state index is 13.2. The minimum absolute atomic E-state index is 0.0520. The summed E-state index contributed by atoms with van der Waals surface area (Å²) in [5.74, 6) is 1.63. The van der Waals surface area contributed by atoms with Gasteiger partial charge in [-0.05, 0) is 42.7 Å². The summed E-state index contributed by atoms with van der Waals surface area (Å²) in [4.78, 5) is 16.9. The Morgan fingerprint density at radius 1 is 1.03 bits per heavy atom. The van der Waals surface area contributed by atoms with Gasteiger partial charge in [0, 0.05) is 19.3 Å². The Balaban J connectivity index is 1.36. The number of hydrogen-bond acceptors (Lipinski definition) is 5. The van der Waals surface area contributed by atoms with Crippen LogP contribution in [0.5, 0.6) is 11.5 Å². The van der Waals surface area contributed by atoms with Crippen molar-refractivity contribution < 1.29 is 27.4 Å². The number of fused-ring (bicyclic) bond motifs is 1. The lowest BCUT2D eigenvalue weighted by Crippen LogP contribution is -2.44. The van der Waals surface area contributed by atoms with Crippen LogP contribution in [-0.2, 0) is 16.4 Å². The summed E-state index contributed by atoms with van der Waals surface area (Å²) in [5, 5.41) is 5.90. The summed E-state index contributed by atoms with van der Waals surface area (Å²) in [6.07, 6.45) is -0.177. The van der Waals surface area contributed by atoms with E-state index in [0.29, 0.717) is 43.6 Å². The summed E-state index contributed by atoms with van der Waals surface area (Å²) >= 11 is 0. The van der Waals surface area contributed by atoms with Crippen molar-refractivity contribution >= 4 is 11.7 Å². The summed E-state index contributed by atoms with van der Waals surface area (Å²) in [6, 6.07) is 7.95. The molecule has 0 unspecified atom stereocenters. The molecule has 1 aromatic carbocycles. The minimum Gasteiger partial charge on any atom is -0.486 e. The molecule has 9 heteroatoms. The van der Waals surface area contributed by atoms with E-state index in [1.165, 1.54) is 6.07 Å². The first-order chi connectivity index (χ1) is 14.9. The number of carbonyl (C=O) groups is 1. The molecule has 0 spiro atoms. The van der Waals surface area contributed by atoms with Crippen molar-refractivity contribution in [3.8, 4) is 11.5 Å². The number of amides is 1. The molecule has 2 aromatic rings. The van der Waals surface area contributed by atoms with Crippen molar-refractivity contribution in [1.82, 2.24) is 10.3 Å². The maximum atomic E-state index is 13.2. The fraction of sp³-hybridized carbons (Fsp3) is 0.455. The molecule has 1 fully saturated rings. The minimum atomic E-state index is -4.41. The van der Waals surface area contributed by atoms with Gasteiger partial charge in [-0.25, -0.2) is 4.98 Å². The molecular weight excluding hydrogens is 411 g/mol. The Morgan fingerprint density at radius 2 is 1.77 bits per heavy atom. The van der Waals surface area contributed by atoms with Crippen LogP contribution in [0.25, 0.3) is 0 Å². The van der Waals surface area contributed by atoms with Gasteiger partial charge in [0.1, 0.15) is 19.0 Å². The average Bonchev–Trinajstić information content (AvgIpc) is 3.27. The molecule has 4 rings (SSSR count). The lowest BCUT2D eigenvalue weighted by Gasteiger charge is -2.30. The number of ether oxygens (including phenoxy) is 2. The molecule has 1 aliphatic heterocycles. The molecular formula is C22H24F3N3O3. The number of benzene rings is 1. The first kappa shape index (κ1) is 21.3. The molecule has 6 nitrogen and oxygen atoms in total. The van der Waals surface area contributed by atoms with Gasteiger partial charge in [-0.3, -0.25) is 4.79 Å². The van der Waals surface area contributed by atoms with Crippen LogP contribution in [0.1, 0.15) is 36.8 Å². The van der Waals surface area contributed by atoms with E-state index in [9.17, 15) is 18.0 Å². The van der Waals surface area contributed by atoms with E-state index in [-0.39, 0.29) is 5.91 Å². The zero-order valence-corrected chi connectivity index (χ0v) is 16.9. The second-order valence-electron chi connectivity index (χ2n) is 7.76. The quantitative estimate of drug-likeness (QED) is 0.674. The molecule has 1 amide bonds.